The monoisotopic (exact) mass is 264 g/mol. The van der Waals surface area contributed by atoms with Gasteiger partial charge in [0.15, 0.2) is 11.5 Å². The van der Waals surface area contributed by atoms with Crippen molar-refractivity contribution in [3.8, 4) is 11.5 Å². The second-order valence-electron chi connectivity index (χ2n) is 5.59. The Morgan fingerprint density at radius 1 is 1.21 bits per heavy atom. The van der Waals surface area contributed by atoms with E-state index in [0.717, 1.165) is 36.6 Å². The molecule has 4 heteroatoms. The summed E-state index contributed by atoms with van der Waals surface area (Å²) >= 11 is 0. The van der Waals surface area contributed by atoms with Crippen LogP contribution in [0.2, 0.25) is 0 Å². The zero-order valence-corrected chi connectivity index (χ0v) is 12.3. The van der Waals surface area contributed by atoms with E-state index in [0.29, 0.717) is 0 Å². The lowest BCUT2D eigenvalue weighted by molar-refractivity contribution is 0.309. The number of rotatable bonds is 3. The summed E-state index contributed by atoms with van der Waals surface area (Å²) in [7, 11) is 3.31. The summed E-state index contributed by atoms with van der Waals surface area (Å²) in [5.41, 5.74) is 7.36. The number of nitrogens with zero attached hydrogens (tertiary/aromatic N) is 1. The first-order valence-corrected chi connectivity index (χ1v) is 6.76. The maximum Gasteiger partial charge on any atom is 0.162 e. The zero-order valence-electron chi connectivity index (χ0n) is 12.3. The van der Waals surface area contributed by atoms with Gasteiger partial charge in [0, 0.05) is 29.9 Å². The van der Waals surface area contributed by atoms with E-state index in [-0.39, 0.29) is 11.6 Å². The Morgan fingerprint density at radius 3 is 2.53 bits per heavy atom. The molecule has 1 aromatic carbocycles. The minimum absolute atomic E-state index is 0.0438. The van der Waals surface area contributed by atoms with E-state index in [1.54, 1.807) is 14.2 Å². The van der Waals surface area contributed by atoms with Crippen LogP contribution >= 0.6 is 0 Å². The lowest BCUT2D eigenvalue weighted by Gasteiger charge is -2.48. The molecule has 19 heavy (non-hydrogen) atoms. The first-order chi connectivity index (χ1) is 9.00. The molecule has 4 nitrogen and oxygen atoms in total. The fraction of sp³-hybridized carbons (Fsp3) is 0.600. The minimum atomic E-state index is -0.0438. The smallest absolute Gasteiger partial charge is 0.162 e. The zero-order chi connectivity index (χ0) is 14.0. The molecular weight excluding hydrogens is 240 g/mol. The molecule has 1 aromatic rings. The topological polar surface area (TPSA) is 47.7 Å². The van der Waals surface area contributed by atoms with Crippen LogP contribution in [0.15, 0.2) is 18.2 Å². The van der Waals surface area contributed by atoms with Crippen LogP contribution in [0.4, 0.5) is 5.69 Å². The van der Waals surface area contributed by atoms with E-state index < -0.39 is 0 Å². The van der Waals surface area contributed by atoms with Crippen molar-refractivity contribution in [2.75, 3.05) is 25.7 Å². The third kappa shape index (κ3) is 2.50. The van der Waals surface area contributed by atoms with Gasteiger partial charge >= 0.3 is 0 Å². The Morgan fingerprint density at radius 2 is 1.89 bits per heavy atom. The molecule has 106 valence electrons. The van der Waals surface area contributed by atoms with Crippen LogP contribution in [-0.2, 0) is 0 Å². The first-order valence-electron chi connectivity index (χ1n) is 6.76. The van der Waals surface area contributed by atoms with E-state index in [4.69, 9.17) is 15.2 Å². The van der Waals surface area contributed by atoms with Crippen molar-refractivity contribution < 1.29 is 9.47 Å². The van der Waals surface area contributed by atoms with Crippen molar-refractivity contribution in [3.05, 3.63) is 18.2 Å². The molecule has 1 atom stereocenters. The van der Waals surface area contributed by atoms with Gasteiger partial charge in [0.05, 0.1) is 14.2 Å². The number of hydrogen-bond acceptors (Lipinski definition) is 4. The van der Waals surface area contributed by atoms with Crippen molar-refractivity contribution in [2.24, 2.45) is 5.73 Å². The maximum absolute atomic E-state index is 6.27. The third-order valence-corrected chi connectivity index (χ3v) is 4.18. The Kier molecular flexibility index (Phi) is 3.90. The number of hydrogen-bond donors (Lipinski definition) is 1. The van der Waals surface area contributed by atoms with Crippen molar-refractivity contribution in [3.63, 3.8) is 0 Å². The van der Waals surface area contributed by atoms with E-state index in [1.165, 1.54) is 0 Å². The number of nitrogens with two attached hydrogens (primary N) is 1. The number of benzene rings is 1. The normalized spacial score (nSPS) is 22.2. The van der Waals surface area contributed by atoms with E-state index in [1.807, 2.05) is 12.1 Å². The minimum Gasteiger partial charge on any atom is -0.493 e. The largest absolute Gasteiger partial charge is 0.493 e. The van der Waals surface area contributed by atoms with Gasteiger partial charge in [-0.3, -0.25) is 0 Å². The second-order valence-corrected chi connectivity index (χ2v) is 5.59. The van der Waals surface area contributed by atoms with Crippen LogP contribution < -0.4 is 20.1 Å². The van der Waals surface area contributed by atoms with Gasteiger partial charge in [-0.15, -0.1) is 0 Å². The molecule has 1 unspecified atom stereocenters. The maximum atomic E-state index is 6.27. The SMILES string of the molecule is COc1ccc(N2CCCC(N)C2(C)C)cc1OC. The predicted molar refractivity (Wildman–Crippen MR) is 78.2 cm³/mol. The Bertz CT molecular complexity index is 446. The molecule has 2 rings (SSSR count). The molecule has 0 aromatic heterocycles. The fourth-order valence-electron chi connectivity index (χ4n) is 2.77. The summed E-state index contributed by atoms with van der Waals surface area (Å²) in [5, 5.41) is 0. The number of ether oxygens (including phenoxy) is 2. The molecule has 2 N–H and O–H groups in total. The number of anilines is 1. The van der Waals surface area contributed by atoms with E-state index in [9.17, 15) is 0 Å². The van der Waals surface area contributed by atoms with Gasteiger partial charge < -0.3 is 20.1 Å². The summed E-state index contributed by atoms with van der Waals surface area (Å²) in [4.78, 5) is 2.36. The molecule has 0 amide bonds. The Balaban J connectivity index is 2.35. The predicted octanol–water partition coefficient (Wildman–Crippen LogP) is 2.41. The highest BCUT2D eigenvalue weighted by atomic mass is 16.5. The van der Waals surface area contributed by atoms with E-state index in [2.05, 4.69) is 24.8 Å². The average Bonchev–Trinajstić information content (AvgIpc) is 2.41. The van der Waals surface area contributed by atoms with Gasteiger partial charge in [0.1, 0.15) is 0 Å². The summed E-state index contributed by atoms with van der Waals surface area (Å²) in [5.74, 6) is 1.51. The molecule has 0 saturated carbocycles. The molecule has 0 radical (unpaired) electrons. The summed E-state index contributed by atoms with van der Waals surface area (Å²) in [6.07, 6.45) is 2.20. The third-order valence-electron chi connectivity index (χ3n) is 4.18. The molecule has 1 aliphatic heterocycles. The lowest BCUT2D eigenvalue weighted by Crippen LogP contribution is -2.59. The Labute approximate surface area is 115 Å². The molecule has 1 heterocycles. The average molecular weight is 264 g/mol. The molecule has 0 spiro atoms. The van der Waals surface area contributed by atoms with E-state index >= 15 is 0 Å². The Hall–Kier alpha value is -1.42. The molecule has 1 fully saturated rings. The van der Waals surface area contributed by atoms with Gasteiger partial charge in [0.2, 0.25) is 0 Å². The van der Waals surface area contributed by atoms with Gasteiger partial charge in [-0.2, -0.15) is 0 Å². The molecule has 1 saturated heterocycles. The lowest BCUT2D eigenvalue weighted by atomic mass is 9.85. The van der Waals surface area contributed by atoms with Crippen molar-refractivity contribution in [1.82, 2.24) is 0 Å². The van der Waals surface area contributed by atoms with Gasteiger partial charge in [-0.1, -0.05) is 0 Å². The standard InChI is InChI=1S/C15H24N2O2/c1-15(2)14(16)6-5-9-17(15)11-7-8-12(18-3)13(10-11)19-4/h7-8,10,14H,5-6,9,16H2,1-4H3. The van der Waals surface area contributed by atoms with Crippen LogP contribution in [0.3, 0.4) is 0 Å². The molecule has 1 aliphatic rings. The number of piperidine rings is 1. The molecule has 0 bridgehead atoms. The van der Waals surface area contributed by atoms with Gasteiger partial charge in [0.25, 0.3) is 0 Å². The highest BCUT2D eigenvalue weighted by Gasteiger charge is 2.36. The van der Waals surface area contributed by atoms with Gasteiger partial charge in [-0.25, -0.2) is 0 Å². The van der Waals surface area contributed by atoms with Crippen LogP contribution in [0.5, 0.6) is 11.5 Å². The summed E-state index contributed by atoms with van der Waals surface area (Å²) in [6.45, 7) is 5.43. The second kappa shape index (κ2) is 5.29. The highest BCUT2D eigenvalue weighted by Crippen LogP contribution is 2.37. The van der Waals surface area contributed by atoms with Crippen molar-refractivity contribution in [2.45, 2.75) is 38.3 Å². The van der Waals surface area contributed by atoms with Crippen molar-refractivity contribution in [1.29, 1.82) is 0 Å². The summed E-state index contributed by atoms with van der Waals surface area (Å²) < 4.78 is 10.7. The highest BCUT2D eigenvalue weighted by molar-refractivity contribution is 5.58. The van der Waals surface area contributed by atoms with Crippen LogP contribution in [0.1, 0.15) is 26.7 Å². The van der Waals surface area contributed by atoms with Crippen LogP contribution in [0.25, 0.3) is 0 Å². The van der Waals surface area contributed by atoms with Crippen LogP contribution in [-0.4, -0.2) is 32.3 Å². The first kappa shape index (κ1) is 14.0. The quantitative estimate of drug-likeness (QED) is 0.910. The molecular formula is C15H24N2O2. The van der Waals surface area contributed by atoms with Crippen LogP contribution in [0, 0.1) is 0 Å². The van der Waals surface area contributed by atoms with Gasteiger partial charge in [-0.05, 0) is 38.8 Å². The molecule has 0 aliphatic carbocycles. The van der Waals surface area contributed by atoms with Crippen molar-refractivity contribution >= 4 is 5.69 Å². The summed E-state index contributed by atoms with van der Waals surface area (Å²) in [6, 6.07) is 6.23. The number of methoxy groups -OCH3 is 2. The fourth-order valence-corrected chi connectivity index (χ4v) is 2.77.